The molecule has 1 N–H and O–H groups in total. The summed E-state index contributed by atoms with van der Waals surface area (Å²) in [4.78, 5) is 35.6. The van der Waals surface area contributed by atoms with Crippen LogP contribution in [0.2, 0.25) is 0 Å². The maximum absolute atomic E-state index is 11.9. The Morgan fingerprint density at radius 1 is 1.22 bits per heavy atom. The topological polar surface area (TPSA) is 81.7 Å². The zero-order valence-electron chi connectivity index (χ0n) is 11.0. The second kappa shape index (κ2) is 5.20. The van der Waals surface area contributed by atoms with Gasteiger partial charge < -0.3 is 14.8 Å². The Labute approximate surface area is 105 Å². The first-order chi connectivity index (χ1) is 8.39. The molecule has 0 spiro atoms. The van der Waals surface area contributed by atoms with Crippen molar-refractivity contribution in [2.45, 2.75) is 27.7 Å². The lowest BCUT2D eigenvalue weighted by atomic mass is 9.83. The van der Waals surface area contributed by atoms with Crippen molar-refractivity contribution in [3.05, 3.63) is 11.3 Å². The molecule has 1 aliphatic heterocycles. The number of carbonyl (C=O) groups excluding carboxylic acids is 3. The van der Waals surface area contributed by atoms with E-state index in [1.807, 2.05) is 0 Å². The molecule has 0 aliphatic carbocycles. The molecule has 0 saturated heterocycles. The average molecular weight is 255 g/mol. The minimum absolute atomic E-state index is 0.0211. The summed E-state index contributed by atoms with van der Waals surface area (Å²) < 4.78 is 9.74. The first-order valence-electron chi connectivity index (χ1n) is 5.76. The fourth-order valence-corrected chi connectivity index (χ4v) is 1.88. The molecule has 0 aromatic rings. The van der Waals surface area contributed by atoms with Crippen LogP contribution in [-0.4, -0.2) is 31.1 Å². The lowest BCUT2D eigenvalue weighted by molar-refractivity contribution is -0.159. The molecule has 100 valence electrons. The third kappa shape index (κ3) is 2.10. The number of ether oxygens (including phenoxy) is 2. The van der Waals surface area contributed by atoms with Gasteiger partial charge in [0.15, 0.2) is 5.41 Å². The van der Waals surface area contributed by atoms with Crippen LogP contribution in [0.25, 0.3) is 0 Å². The van der Waals surface area contributed by atoms with Gasteiger partial charge in [-0.1, -0.05) is 0 Å². The van der Waals surface area contributed by atoms with Crippen molar-refractivity contribution >= 4 is 17.8 Å². The van der Waals surface area contributed by atoms with Gasteiger partial charge in [0, 0.05) is 5.70 Å². The number of nitrogens with one attached hydrogen (secondary N) is 1. The van der Waals surface area contributed by atoms with E-state index in [0.717, 1.165) is 0 Å². The lowest BCUT2D eigenvalue weighted by Gasteiger charge is -2.21. The van der Waals surface area contributed by atoms with E-state index in [1.165, 1.54) is 6.92 Å². The quantitative estimate of drug-likeness (QED) is 0.585. The number of allylic oxidation sites excluding steroid dienone is 1. The van der Waals surface area contributed by atoms with Crippen LogP contribution in [0.5, 0.6) is 0 Å². The van der Waals surface area contributed by atoms with Gasteiger partial charge in [0.25, 0.3) is 0 Å². The summed E-state index contributed by atoms with van der Waals surface area (Å²) in [6.45, 7) is 6.51. The molecule has 1 unspecified atom stereocenters. The van der Waals surface area contributed by atoms with Gasteiger partial charge in [0.05, 0.1) is 18.8 Å². The molecule has 0 aromatic heterocycles. The largest absolute Gasteiger partial charge is 0.465 e. The van der Waals surface area contributed by atoms with Gasteiger partial charge in [-0.15, -0.1) is 0 Å². The van der Waals surface area contributed by atoms with Gasteiger partial charge in [-0.2, -0.15) is 0 Å². The number of esters is 2. The number of rotatable bonds is 4. The van der Waals surface area contributed by atoms with Crippen LogP contribution >= 0.6 is 0 Å². The van der Waals surface area contributed by atoms with Crippen molar-refractivity contribution in [3.8, 4) is 0 Å². The van der Waals surface area contributed by atoms with E-state index in [2.05, 4.69) is 5.32 Å². The van der Waals surface area contributed by atoms with Gasteiger partial charge >= 0.3 is 11.9 Å². The van der Waals surface area contributed by atoms with Crippen molar-refractivity contribution < 1.29 is 23.9 Å². The molecule has 1 heterocycles. The summed E-state index contributed by atoms with van der Waals surface area (Å²) in [5.41, 5.74) is -1.28. The molecule has 1 amide bonds. The molecule has 0 bridgehead atoms. The Morgan fingerprint density at radius 2 is 1.78 bits per heavy atom. The fourth-order valence-electron chi connectivity index (χ4n) is 1.88. The zero-order chi connectivity index (χ0) is 13.9. The second-order valence-electron chi connectivity index (χ2n) is 4.02. The maximum Gasteiger partial charge on any atom is 0.337 e. The van der Waals surface area contributed by atoms with Crippen molar-refractivity contribution in [3.63, 3.8) is 0 Å². The highest BCUT2D eigenvalue weighted by molar-refractivity contribution is 6.16. The molecule has 6 nitrogen and oxygen atoms in total. The van der Waals surface area contributed by atoms with Crippen molar-refractivity contribution in [2.75, 3.05) is 13.2 Å². The van der Waals surface area contributed by atoms with Gasteiger partial charge in [0.1, 0.15) is 0 Å². The zero-order valence-corrected chi connectivity index (χ0v) is 11.0. The average Bonchev–Trinajstić information content (AvgIpc) is 2.51. The van der Waals surface area contributed by atoms with Gasteiger partial charge in [-0.25, -0.2) is 4.79 Å². The van der Waals surface area contributed by atoms with E-state index in [1.54, 1.807) is 20.8 Å². The van der Waals surface area contributed by atoms with Crippen LogP contribution in [0.4, 0.5) is 0 Å². The Morgan fingerprint density at radius 3 is 2.28 bits per heavy atom. The number of hydrogen-bond acceptors (Lipinski definition) is 5. The van der Waals surface area contributed by atoms with Crippen LogP contribution in [0.3, 0.4) is 0 Å². The highest BCUT2D eigenvalue weighted by atomic mass is 16.5. The summed E-state index contributed by atoms with van der Waals surface area (Å²) in [6.07, 6.45) is 0. The van der Waals surface area contributed by atoms with Crippen LogP contribution < -0.4 is 5.32 Å². The molecule has 0 saturated carbocycles. The minimum atomic E-state index is -1.63. The highest BCUT2D eigenvalue weighted by Gasteiger charge is 2.54. The molecule has 0 aromatic carbocycles. The SMILES string of the molecule is CCOC(=O)C1=C(C)NC(=O)C1(C)C(=O)OCC. The Kier molecular flexibility index (Phi) is 4.11. The third-order valence-electron chi connectivity index (χ3n) is 2.79. The van der Waals surface area contributed by atoms with E-state index < -0.39 is 23.3 Å². The summed E-state index contributed by atoms with van der Waals surface area (Å²) in [6, 6.07) is 0. The van der Waals surface area contributed by atoms with E-state index in [4.69, 9.17) is 9.47 Å². The van der Waals surface area contributed by atoms with E-state index in [-0.39, 0.29) is 18.8 Å². The molecule has 0 fully saturated rings. The van der Waals surface area contributed by atoms with E-state index >= 15 is 0 Å². The molecule has 1 aliphatic rings. The fraction of sp³-hybridized carbons (Fsp3) is 0.583. The predicted molar refractivity (Wildman–Crippen MR) is 62.2 cm³/mol. The Balaban J connectivity index is 3.18. The van der Waals surface area contributed by atoms with Gasteiger partial charge in [-0.3, -0.25) is 9.59 Å². The first kappa shape index (κ1) is 14.2. The predicted octanol–water partition coefficient (Wildman–Crippen LogP) is 0.523. The molecule has 18 heavy (non-hydrogen) atoms. The van der Waals surface area contributed by atoms with Crippen LogP contribution in [0.15, 0.2) is 11.3 Å². The number of amides is 1. The van der Waals surface area contributed by atoms with Crippen LogP contribution in [-0.2, 0) is 23.9 Å². The molecule has 1 rings (SSSR count). The summed E-state index contributed by atoms with van der Waals surface area (Å²) in [5, 5.41) is 2.48. The summed E-state index contributed by atoms with van der Waals surface area (Å²) in [7, 11) is 0. The summed E-state index contributed by atoms with van der Waals surface area (Å²) >= 11 is 0. The standard InChI is InChI=1S/C12H17NO5/c1-5-17-9(14)8-7(3)13-10(15)12(8,4)11(16)18-6-2/h5-6H2,1-4H3,(H,13,15). The Bertz CT molecular complexity index is 426. The lowest BCUT2D eigenvalue weighted by Crippen LogP contribution is -2.42. The number of hydrogen-bond donors (Lipinski definition) is 1. The van der Waals surface area contributed by atoms with E-state index in [9.17, 15) is 14.4 Å². The van der Waals surface area contributed by atoms with Gasteiger partial charge in [0.2, 0.25) is 5.91 Å². The molecular weight excluding hydrogens is 238 g/mol. The molecule has 0 radical (unpaired) electrons. The van der Waals surface area contributed by atoms with Gasteiger partial charge in [-0.05, 0) is 27.7 Å². The normalized spacial score (nSPS) is 22.8. The third-order valence-corrected chi connectivity index (χ3v) is 2.79. The van der Waals surface area contributed by atoms with Crippen LogP contribution in [0, 0.1) is 5.41 Å². The maximum atomic E-state index is 11.9. The second-order valence-corrected chi connectivity index (χ2v) is 4.02. The monoisotopic (exact) mass is 255 g/mol. The Hall–Kier alpha value is -1.85. The van der Waals surface area contributed by atoms with Crippen molar-refractivity contribution in [1.82, 2.24) is 5.32 Å². The van der Waals surface area contributed by atoms with E-state index in [0.29, 0.717) is 5.70 Å². The highest BCUT2D eigenvalue weighted by Crippen LogP contribution is 2.36. The smallest absolute Gasteiger partial charge is 0.337 e. The number of carbonyl (C=O) groups is 3. The molecule has 6 heteroatoms. The van der Waals surface area contributed by atoms with Crippen LogP contribution in [0.1, 0.15) is 27.7 Å². The first-order valence-corrected chi connectivity index (χ1v) is 5.76. The van der Waals surface area contributed by atoms with Crippen molar-refractivity contribution in [1.29, 1.82) is 0 Å². The minimum Gasteiger partial charge on any atom is -0.465 e. The summed E-state index contributed by atoms with van der Waals surface area (Å²) in [5.74, 6) is -1.99. The molecular formula is C12H17NO5. The molecule has 1 atom stereocenters. The van der Waals surface area contributed by atoms with Crippen molar-refractivity contribution in [2.24, 2.45) is 5.41 Å².